The second kappa shape index (κ2) is 7.06. The number of carbonyl (C=O) groups is 2. The second-order valence-electron chi connectivity index (χ2n) is 4.19. The molecule has 1 aliphatic heterocycles. The van der Waals surface area contributed by atoms with Crippen LogP contribution in [-0.4, -0.2) is 60.9 Å². The average Bonchev–Trinajstić information content (AvgIpc) is 2.34. The number of amides is 2. The smallest absolute Gasteiger partial charge is 0.221 e. The maximum Gasteiger partial charge on any atom is 0.221 e. The zero-order valence-corrected chi connectivity index (χ0v) is 10.4. The quantitative estimate of drug-likeness (QED) is 0.678. The van der Waals surface area contributed by atoms with Crippen molar-refractivity contribution < 1.29 is 9.59 Å². The molecule has 1 fully saturated rings. The Hall–Kier alpha value is -1.36. The van der Waals surface area contributed by atoms with Crippen LogP contribution in [0.3, 0.4) is 0 Å². The second-order valence-corrected chi connectivity index (χ2v) is 4.19. The first-order valence-corrected chi connectivity index (χ1v) is 5.99. The van der Waals surface area contributed by atoms with Crippen LogP contribution in [0.15, 0.2) is 12.7 Å². The summed E-state index contributed by atoms with van der Waals surface area (Å²) in [6.07, 6.45) is 2.18. The van der Waals surface area contributed by atoms with Crippen molar-refractivity contribution in [3.8, 4) is 0 Å². The first kappa shape index (κ1) is 13.7. The van der Waals surface area contributed by atoms with Gasteiger partial charge in [-0.05, 0) is 0 Å². The minimum atomic E-state index is 0.0545. The van der Waals surface area contributed by atoms with Gasteiger partial charge in [0, 0.05) is 52.6 Å². The van der Waals surface area contributed by atoms with Gasteiger partial charge in [0.1, 0.15) is 0 Å². The van der Waals surface area contributed by atoms with Crippen molar-refractivity contribution in [1.29, 1.82) is 0 Å². The normalized spacial score (nSPS) is 16.6. The van der Waals surface area contributed by atoms with Crippen LogP contribution in [0.2, 0.25) is 0 Å². The molecule has 0 bridgehead atoms. The molecular formula is C12H21N3O2. The number of rotatable bonds is 5. The summed E-state index contributed by atoms with van der Waals surface area (Å²) in [6, 6.07) is 0. The topological polar surface area (TPSA) is 52.7 Å². The van der Waals surface area contributed by atoms with Gasteiger partial charge in [-0.25, -0.2) is 0 Å². The van der Waals surface area contributed by atoms with E-state index in [1.54, 1.807) is 13.0 Å². The van der Waals surface area contributed by atoms with Crippen molar-refractivity contribution in [1.82, 2.24) is 15.1 Å². The molecule has 0 radical (unpaired) electrons. The molecule has 0 unspecified atom stereocenters. The Morgan fingerprint density at radius 2 is 1.94 bits per heavy atom. The standard InChI is InChI=1S/C12H21N3O2/c1-3-5-13-12(17)4-6-14-7-9-15(10-8-14)11(2)16/h3H,1,4-10H2,2H3,(H,13,17). The van der Waals surface area contributed by atoms with Crippen LogP contribution < -0.4 is 5.32 Å². The molecule has 17 heavy (non-hydrogen) atoms. The molecule has 1 N–H and O–H groups in total. The highest BCUT2D eigenvalue weighted by Crippen LogP contribution is 2.02. The van der Waals surface area contributed by atoms with E-state index < -0.39 is 0 Å². The molecule has 1 rings (SSSR count). The lowest BCUT2D eigenvalue weighted by molar-refractivity contribution is -0.131. The molecule has 96 valence electrons. The van der Waals surface area contributed by atoms with Crippen LogP contribution in [0.5, 0.6) is 0 Å². The van der Waals surface area contributed by atoms with E-state index in [4.69, 9.17) is 0 Å². The third kappa shape index (κ3) is 4.99. The number of piperazine rings is 1. The molecule has 1 heterocycles. The Morgan fingerprint density at radius 1 is 1.29 bits per heavy atom. The summed E-state index contributed by atoms with van der Waals surface area (Å²) < 4.78 is 0. The third-order valence-corrected chi connectivity index (χ3v) is 2.92. The van der Waals surface area contributed by atoms with Crippen LogP contribution in [0.25, 0.3) is 0 Å². The molecule has 2 amide bonds. The van der Waals surface area contributed by atoms with Gasteiger partial charge in [0.05, 0.1) is 0 Å². The van der Waals surface area contributed by atoms with E-state index in [2.05, 4.69) is 16.8 Å². The number of nitrogens with one attached hydrogen (secondary N) is 1. The monoisotopic (exact) mass is 239 g/mol. The summed E-state index contributed by atoms with van der Waals surface area (Å²) in [7, 11) is 0. The van der Waals surface area contributed by atoms with Crippen molar-refractivity contribution in [2.24, 2.45) is 0 Å². The summed E-state index contributed by atoms with van der Waals surface area (Å²) in [5.41, 5.74) is 0. The summed E-state index contributed by atoms with van der Waals surface area (Å²) in [6.45, 7) is 9.67. The van der Waals surface area contributed by atoms with E-state index >= 15 is 0 Å². The Balaban J connectivity index is 2.15. The molecule has 0 aromatic carbocycles. The molecule has 1 saturated heterocycles. The van der Waals surface area contributed by atoms with Crippen molar-refractivity contribution in [3.05, 3.63) is 12.7 Å². The van der Waals surface area contributed by atoms with Crippen molar-refractivity contribution >= 4 is 11.8 Å². The summed E-state index contributed by atoms with van der Waals surface area (Å²) >= 11 is 0. The summed E-state index contributed by atoms with van der Waals surface area (Å²) in [4.78, 5) is 26.5. The Bertz CT molecular complexity index is 283. The van der Waals surface area contributed by atoms with E-state index in [1.165, 1.54) is 0 Å². The lowest BCUT2D eigenvalue weighted by atomic mass is 10.3. The van der Waals surface area contributed by atoms with Gasteiger partial charge in [-0.3, -0.25) is 14.5 Å². The fourth-order valence-corrected chi connectivity index (χ4v) is 1.82. The molecular weight excluding hydrogens is 218 g/mol. The number of carbonyl (C=O) groups excluding carboxylic acids is 2. The fraction of sp³-hybridized carbons (Fsp3) is 0.667. The minimum Gasteiger partial charge on any atom is -0.353 e. The van der Waals surface area contributed by atoms with Crippen molar-refractivity contribution in [3.63, 3.8) is 0 Å². The zero-order valence-electron chi connectivity index (χ0n) is 10.4. The molecule has 1 aliphatic rings. The highest BCUT2D eigenvalue weighted by molar-refractivity contribution is 5.76. The number of hydrogen-bond acceptors (Lipinski definition) is 3. The van der Waals surface area contributed by atoms with Gasteiger partial charge in [0.2, 0.25) is 11.8 Å². The Morgan fingerprint density at radius 3 is 2.47 bits per heavy atom. The first-order valence-electron chi connectivity index (χ1n) is 5.99. The fourth-order valence-electron chi connectivity index (χ4n) is 1.82. The Labute approximate surface area is 102 Å². The average molecular weight is 239 g/mol. The summed E-state index contributed by atoms with van der Waals surface area (Å²) in [5.74, 6) is 0.187. The van der Waals surface area contributed by atoms with Gasteiger partial charge in [0.15, 0.2) is 0 Å². The van der Waals surface area contributed by atoms with E-state index in [1.807, 2.05) is 4.90 Å². The van der Waals surface area contributed by atoms with Gasteiger partial charge in [-0.1, -0.05) is 6.08 Å². The van der Waals surface area contributed by atoms with E-state index in [0.717, 1.165) is 32.7 Å². The minimum absolute atomic E-state index is 0.0545. The maximum absolute atomic E-state index is 11.4. The lowest BCUT2D eigenvalue weighted by Crippen LogP contribution is -2.48. The van der Waals surface area contributed by atoms with Crippen LogP contribution in [0, 0.1) is 0 Å². The highest BCUT2D eigenvalue weighted by Gasteiger charge is 2.18. The molecule has 5 nitrogen and oxygen atoms in total. The summed E-state index contributed by atoms with van der Waals surface area (Å²) in [5, 5.41) is 2.75. The van der Waals surface area contributed by atoms with Gasteiger partial charge in [0.25, 0.3) is 0 Å². The SMILES string of the molecule is C=CCNC(=O)CCN1CCN(C(C)=O)CC1. The largest absolute Gasteiger partial charge is 0.353 e. The van der Waals surface area contributed by atoms with Gasteiger partial charge in [-0.2, -0.15) is 0 Å². The van der Waals surface area contributed by atoms with Crippen LogP contribution in [-0.2, 0) is 9.59 Å². The first-order chi connectivity index (χ1) is 8.13. The zero-order chi connectivity index (χ0) is 12.7. The maximum atomic E-state index is 11.4. The van der Waals surface area contributed by atoms with E-state index in [-0.39, 0.29) is 11.8 Å². The molecule has 0 aromatic heterocycles. The molecule has 0 aromatic rings. The molecule has 5 heteroatoms. The highest BCUT2D eigenvalue weighted by atomic mass is 16.2. The molecule has 0 aliphatic carbocycles. The predicted octanol–water partition coefficient (Wildman–Crippen LogP) is -0.157. The van der Waals surface area contributed by atoms with Gasteiger partial charge < -0.3 is 10.2 Å². The van der Waals surface area contributed by atoms with E-state index in [9.17, 15) is 9.59 Å². The number of nitrogens with zero attached hydrogens (tertiary/aromatic N) is 2. The molecule has 0 saturated carbocycles. The van der Waals surface area contributed by atoms with Crippen molar-refractivity contribution in [2.45, 2.75) is 13.3 Å². The number of hydrogen-bond donors (Lipinski definition) is 1. The third-order valence-electron chi connectivity index (χ3n) is 2.92. The lowest BCUT2D eigenvalue weighted by Gasteiger charge is -2.33. The Kier molecular flexibility index (Phi) is 5.69. The predicted molar refractivity (Wildman–Crippen MR) is 66.5 cm³/mol. The van der Waals surface area contributed by atoms with Crippen LogP contribution in [0.1, 0.15) is 13.3 Å². The molecule has 0 atom stereocenters. The van der Waals surface area contributed by atoms with Crippen LogP contribution >= 0.6 is 0 Å². The van der Waals surface area contributed by atoms with Crippen molar-refractivity contribution in [2.75, 3.05) is 39.3 Å². The van der Waals surface area contributed by atoms with Gasteiger partial charge >= 0.3 is 0 Å². The van der Waals surface area contributed by atoms with E-state index in [0.29, 0.717) is 13.0 Å². The van der Waals surface area contributed by atoms with Gasteiger partial charge in [-0.15, -0.1) is 6.58 Å². The molecule has 0 spiro atoms. The van der Waals surface area contributed by atoms with Crippen LogP contribution in [0.4, 0.5) is 0 Å².